The Bertz CT molecular complexity index is 902. The van der Waals surface area contributed by atoms with E-state index in [1.165, 1.54) is 6.07 Å². The van der Waals surface area contributed by atoms with Crippen LogP contribution in [0.4, 0.5) is 17.1 Å². The molecule has 0 fully saturated rings. The first kappa shape index (κ1) is 16.5. The molecule has 2 aromatic rings. The zero-order chi connectivity index (χ0) is 18.0. The number of hydrogen-bond donors (Lipinski definition) is 2. The van der Waals surface area contributed by atoms with E-state index in [0.29, 0.717) is 18.5 Å². The number of nitrogens with zero attached hydrogens (tertiary/aromatic N) is 2. The van der Waals surface area contributed by atoms with Crippen LogP contribution in [0.25, 0.3) is 0 Å². The molecule has 1 aliphatic rings. The minimum Gasteiger partial charge on any atom is -0.373 e. The molecule has 1 atom stereocenters. The lowest BCUT2D eigenvalue weighted by molar-refractivity contribution is -0.384. The molecule has 3 rings (SSSR count). The topological polar surface area (TPSA) is 108 Å². The first-order chi connectivity index (χ1) is 12.0. The highest BCUT2D eigenvalue weighted by Crippen LogP contribution is 2.31. The third-order valence-corrected chi connectivity index (χ3v) is 4.22. The molecule has 1 unspecified atom stereocenters. The molecule has 0 radical (unpaired) electrons. The molecule has 126 valence electrons. The third kappa shape index (κ3) is 3.43. The lowest BCUT2D eigenvalue weighted by Crippen LogP contribution is -2.19. The average Bonchev–Trinajstić information content (AvgIpc) is 2.61. The molecule has 1 aliphatic heterocycles. The number of hydrogen-bond acceptors (Lipinski definition) is 5. The van der Waals surface area contributed by atoms with Crippen LogP contribution in [-0.4, -0.2) is 10.8 Å². The van der Waals surface area contributed by atoms with Gasteiger partial charge in [-0.25, -0.2) is 0 Å². The zero-order valence-electron chi connectivity index (χ0n) is 13.6. The molecular formula is C18H16N4O3. The Morgan fingerprint density at radius 2 is 2.08 bits per heavy atom. The Hall–Kier alpha value is -3.40. The van der Waals surface area contributed by atoms with E-state index < -0.39 is 4.92 Å². The molecule has 0 bridgehead atoms. The normalized spacial score (nSPS) is 14.0. The average molecular weight is 336 g/mol. The van der Waals surface area contributed by atoms with Crippen molar-refractivity contribution in [1.29, 1.82) is 5.26 Å². The first-order valence-electron chi connectivity index (χ1n) is 7.85. The van der Waals surface area contributed by atoms with Gasteiger partial charge in [-0.1, -0.05) is 12.1 Å². The van der Waals surface area contributed by atoms with Crippen LogP contribution in [0, 0.1) is 21.4 Å². The van der Waals surface area contributed by atoms with Crippen LogP contribution < -0.4 is 10.6 Å². The molecule has 25 heavy (non-hydrogen) atoms. The van der Waals surface area contributed by atoms with Crippen molar-refractivity contribution in [3.8, 4) is 6.07 Å². The second-order valence-corrected chi connectivity index (χ2v) is 5.93. The second kappa shape index (κ2) is 6.61. The van der Waals surface area contributed by atoms with E-state index >= 15 is 0 Å². The standard InChI is InChI=1S/C18H16N4O3/c1-11(13-3-6-15-14(9-13)4-7-18(23)21-15)20-16-5-2-12(10-19)8-17(16)22(24)25/h2-3,5-6,8-9,11,20H,4,7H2,1H3,(H,21,23). The lowest BCUT2D eigenvalue weighted by Gasteiger charge is -2.21. The van der Waals surface area contributed by atoms with Crippen molar-refractivity contribution in [2.24, 2.45) is 0 Å². The molecule has 0 spiro atoms. The van der Waals surface area contributed by atoms with Crippen LogP contribution in [0.5, 0.6) is 0 Å². The summed E-state index contributed by atoms with van der Waals surface area (Å²) in [5.74, 6) is 0.0135. The van der Waals surface area contributed by atoms with Crippen LogP contribution in [0.1, 0.15) is 36.1 Å². The maximum atomic E-state index is 11.4. The van der Waals surface area contributed by atoms with Crippen LogP contribution in [0.2, 0.25) is 0 Å². The second-order valence-electron chi connectivity index (χ2n) is 5.93. The molecule has 0 saturated carbocycles. The van der Waals surface area contributed by atoms with Gasteiger partial charge >= 0.3 is 0 Å². The number of nitro groups is 1. The van der Waals surface area contributed by atoms with Crippen LogP contribution in [-0.2, 0) is 11.2 Å². The molecular weight excluding hydrogens is 320 g/mol. The Kier molecular flexibility index (Phi) is 4.35. The number of carbonyl (C=O) groups is 1. The first-order valence-corrected chi connectivity index (χ1v) is 7.85. The van der Waals surface area contributed by atoms with Crippen LogP contribution in [0.15, 0.2) is 36.4 Å². The summed E-state index contributed by atoms with van der Waals surface area (Å²) in [7, 11) is 0. The number of fused-ring (bicyclic) bond motifs is 1. The third-order valence-electron chi connectivity index (χ3n) is 4.22. The molecule has 2 aromatic carbocycles. The van der Waals surface area contributed by atoms with Gasteiger partial charge in [0.2, 0.25) is 5.91 Å². The van der Waals surface area contributed by atoms with Gasteiger partial charge in [-0.2, -0.15) is 5.26 Å². The van der Waals surface area contributed by atoms with Crippen molar-refractivity contribution in [3.63, 3.8) is 0 Å². The summed E-state index contributed by atoms with van der Waals surface area (Å²) in [5, 5.41) is 26.1. The highest BCUT2D eigenvalue weighted by atomic mass is 16.6. The number of carbonyl (C=O) groups excluding carboxylic acids is 1. The predicted octanol–water partition coefficient (Wildman–Crippen LogP) is 3.52. The summed E-state index contributed by atoms with van der Waals surface area (Å²) in [4.78, 5) is 22.2. The number of anilines is 2. The quantitative estimate of drug-likeness (QED) is 0.656. The van der Waals surface area contributed by atoms with E-state index in [-0.39, 0.29) is 23.2 Å². The SMILES string of the molecule is CC(Nc1ccc(C#N)cc1[N+](=O)[O-])c1ccc2c(c1)CCC(=O)N2. The minimum absolute atomic E-state index is 0.0135. The van der Waals surface area contributed by atoms with E-state index in [9.17, 15) is 14.9 Å². The van der Waals surface area contributed by atoms with Crippen molar-refractivity contribution in [2.45, 2.75) is 25.8 Å². The Labute approximate surface area is 144 Å². The number of aryl methyl sites for hydroxylation is 1. The Morgan fingerprint density at radius 1 is 1.28 bits per heavy atom. The molecule has 1 heterocycles. The van der Waals surface area contributed by atoms with E-state index in [1.807, 2.05) is 31.2 Å². The van der Waals surface area contributed by atoms with Gasteiger partial charge in [0.1, 0.15) is 5.69 Å². The summed E-state index contributed by atoms with van der Waals surface area (Å²) in [6.07, 6.45) is 1.14. The highest BCUT2D eigenvalue weighted by molar-refractivity contribution is 5.93. The van der Waals surface area contributed by atoms with E-state index in [2.05, 4.69) is 10.6 Å². The number of amides is 1. The fourth-order valence-electron chi connectivity index (χ4n) is 2.86. The summed E-state index contributed by atoms with van der Waals surface area (Å²) in [5.41, 5.74) is 3.32. The number of nitrogens with one attached hydrogen (secondary N) is 2. The maximum Gasteiger partial charge on any atom is 0.293 e. The zero-order valence-corrected chi connectivity index (χ0v) is 13.6. The van der Waals surface area contributed by atoms with Crippen molar-refractivity contribution < 1.29 is 9.72 Å². The summed E-state index contributed by atoms with van der Waals surface area (Å²) < 4.78 is 0. The Balaban J connectivity index is 1.86. The van der Waals surface area contributed by atoms with E-state index in [4.69, 9.17) is 5.26 Å². The van der Waals surface area contributed by atoms with Gasteiger partial charge in [0.05, 0.1) is 16.6 Å². The molecule has 7 heteroatoms. The maximum absolute atomic E-state index is 11.4. The molecule has 0 aliphatic carbocycles. The summed E-state index contributed by atoms with van der Waals surface area (Å²) in [6.45, 7) is 1.91. The van der Waals surface area contributed by atoms with Gasteiger partial charge in [-0.15, -0.1) is 0 Å². The van der Waals surface area contributed by atoms with Gasteiger partial charge in [0.25, 0.3) is 5.69 Å². The Morgan fingerprint density at radius 3 is 2.80 bits per heavy atom. The van der Waals surface area contributed by atoms with Gasteiger partial charge in [0, 0.05) is 24.2 Å². The number of benzene rings is 2. The summed E-state index contributed by atoms with van der Waals surface area (Å²) in [6, 6.07) is 11.8. The van der Waals surface area contributed by atoms with Crippen LogP contribution in [0.3, 0.4) is 0 Å². The molecule has 0 saturated heterocycles. The number of nitriles is 1. The van der Waals surface area contributed by atoms with Gasteiger partial charge in [-0.3, -0.25) is 14.9 Å². The van der Waals surface area contributed by atoms with Crippen LogP contribution >= 0.6 is 0 Å². The number of nitro benzene ring substituents is 1. The molecule has 1 amide bonds. The van der Waals surface area contributed by atoms with Gasteiger partial charge in [0.15, 0.2) is 0 Å². The lowest BCUT2D eigenvalue weighted by atomic mass is 9.97. The number of rotatable bonds is 4. The van der Waals surface area contributed by atoms with Gasteiger partial charge in [-0.05, 0) is 42.7 Å². The van der Waals surface area contributed by atoms with E-state index in [1.54, 1.807) is 12.1 Å². The molecule has 7 nitrogen and oxygen atoms in total. The molecule has 0 aromatic heterocycles. The predicted molar refractivity (Wildman–Crippen MR) is 93.2 cm³/mol. The van der Waals surface area contributed by atoms with Crippen molar-refractivity contribution in [3.05, 3.63) is 63.2 Å². The van der Waals surface area contributed by atoms with Crippen molar-refractivity contribution in [2.75, 3.05) is 10.6 Å². The fourth-order valence-corrected chi connectivity index (χ4v) is 2.86. The molecule has 2 N–H and O–H groups in total. The largest absolute Gasteiger partial charge is 0.373 e. The van der Waals surface area contributed by atoms with Crippen molar-refractivity contribution in [1.82, 2.24) is 0 Å². The fraction of sp³-hybridized carbons (Fsp3) is 0.222. The smallest absolute Gasteiger partial charge is 0.293 e. The van der Waals surface area contributed by atoms with Crippen molar-refractivity contribution >= 4 is 23.0 Å². The highest BCUT2D eigenvalue weighted by Gasteiger charge is 2.19. The monoisotopic (exact) mass is 336 g/mol. The van der Waals surface area contributed by atoms with Gasteiger partial charge < -0.3 is 10.6 Å². The van der Waals surface area contributed by atoms with E-state index in [0.717, 1.165) is 16.8 Å². The minimum atomic E-state index is -0.502. The summed E-state index contributed by atoms with van der Waals surface area (Å²) >= 11 is 0.